The Labute approximate surface area is 112 Å². The zero-order valence-electron chi connectivity index (χ0n) is 12.5. The molecule has 3 rings (SSSR count). The third-order valence-electron chi connectivity index (χ3n) is 7.30. The SMILES string of the molecule is C[C@@H]1CCC[C@@H]([C@@H]2C[C@H]3C[C@H]2[C@H](C)C3(C)C)[C@@H]1O. The largest absolute Gasteiger partial charge is 0.393 e. The van der Waals surface area contributed by atoms with Crippen LogP contribution in [0.1, 0.15) is 59.8 Å². The highest BCUT2D eigenvalue weighted by atomic mass is 16.3. The molecule has 0 spiro atoms. The lowest BCUT2D eigenvalue weighted by atomic mass is 9.60. The first-order chi connectivity index (χ1) is 8.43. The summed E-state index contributed by atoms with van der Waals surface area (Å²) >= 11 is 0. The van der Waals surface area contributed by atoms with Crippen molar-refractivity contribution in [3.05, 3.63) is 0 Å². The minimum absolute atomic E-state index is 0.0154. The predicted octanol–water partition coefficient (Wildman–Crippen LogP) is 4.10. The molecule has 104 valence electrons. The van der Waals surface area contributed by atoms with Gasteiger partial charge < -0.3 is 5.11 Å². The maximum atomic E-state index is 10.5. The van der Waals surface area contributed by atoms with Crippen LogP contribution in [0.5, 0.6) is 0 Å². The molecule has 3 aliphatic rings. The van der Waals surface area contributed by atoms with Crippen LogP contribution in [0.25, 0.3) is 0 Å². The van der Waals surface area contributed by atoms with Crippen LogP contribution in [0.3, 0.4) is 0 Å². The molecule has 7 atom stereocenters. The minimum atomic E-state index is -0.0154. The molecule has 3 fully saturated rings. The third-order valence-corrected chi connectivity index (χ3v) is 7.30. The monoisotopic (exact) mass is 250 g/mol. The summed E-state index contributed by atoms with van der Waals surface area (Å²) in [4.78, 5) is 0. The fourth-order valence-corrected chi connectivity index (χ4v) is 5.61. The van der Waals surface area contributed by atoms with Gasteiger partial charge in [-0.25, -0.2) is 0 Å². The molecule has 0 aromatic rings. The second kappa shape index (κ2) is 4.23. The summed E-state index contributed by atoms with van der Waals surface area (Å²) in [5, 5.41) is 10.5. The summed E-state index contributed by atoms with van der Waals surface area (Å²) in [6.07, 6.45) is 6.69. The Morgan fingerprint density at radius 3 is 2.22 bits per heavy atom. The van der Waals surface area contributed by atoms with Crippen LogP contribution in [-0.4, -0.2) is 11.2 Å². The van der Waals surface area contributed by atoms with Crippen molar-refractivity contribution in [2.45, 2.75) is 65.9 Å². The highest BCUT2D eigenvalue weighted by Crippen LogP contribution is 2.64. The van der Waals surface area contributed by atoms with Crippen LogP contribution < -0.4 is 0 Å². The minimum Gasteiger partial charge on any atom is -0.393 e. The van der Waals surface area contributed by atoms with Crippen molar-refractivity contribution in [3.63, 3.8) is 0 Å². The highest BCUT2D eigenvalue weighted by Gasteiger charge is 2.57. The lowest BCUT2D eigenvalue weighted by Gasteiger charge is -2.46. The molecule has 0 unspecified atom stereocenters. The van der Waals surface area contributed by atoms with E-state index in [-0.39, 0.29) is 6.10 Å². The number of fused-ring (bicyclic) bond motifs is 2. The molecule has 1 nitrogen and oxygen atoms in total. The summed E-state index contributed by atoms with van der Waals surface area (Å²) in [6, 6.07) is 0. The Kier molecular flexibility index (Phi) is 3.05. The Balaban J connectivity index is 1.76. The van der Waals surface area contributed by atoms with Gasteiger partial charge in [0.1, 0.15) is 0 Å². The molecule has 0 radical (unpaired) electrons. The van der Waals surface area contributed by atoms with Gasteiger partial charge in [0.15, 0.2) is 0 Å². The number of rotatable bonds is 1. The van der Waals surface area contributed by atoms with E-state index < -0.39 is 0 Å². The van der Waals surface area contributed by atoms with Gasteiger partial charge in [0, 0.05) is 0 Å². The number of hydrogen-bond acceptors (Lipinski definition) is 1. The van der Waals surface area contributed by atoms with Crippen molar-refractivity contribution < 1.29 is 5.11 Å². The number of aliphatic hydroxyl groups is 1. The summed E-state index contributed by atoms with van der Waals surface area (Å²) in [6.45, 7) is 9.66. The first-order valence-electron chi connectivity index (χ1n) is 8.11. The zero-order valence-corrected chi connectivity index (χ0v) is 12.5. The first kappa shape index (κ1) is 13.0. The van der Waals surface area contributed by atoms with Crippen molar-refractivity contribution in [2.24, 2.45) is 40.9 Å². The van der Waals surface area contributed by atoms with Crippen molar-refractivity contribution in [2.75, 3.05) is 0 Å². The van der Waals surface area contributed by atoms with Crippen molar-refractivity contribution in [1.29, 1.82) is 0 Å². The molecule has 18 heavy (non-hydrogen) atoms. The normalized spacial score (nSPS) is 54.8. The quantitative estimate of drug-likeness (QED) is 0.743. The fourth-order valence-electron chi connectivity index (χ4n) is 5.61. The van der Waals surface area contributed by atoms with Gasteiger partial charge in [-0.3, -0.25) is 0 Å². The van der Waals surface area contributed by atoms with Crippen molar-refractivity contribution >= 4 is 0 Å². The maximum Gasteiger partial charge on any atom is 0.0596 e. The summed E-state index contributed by atoms with van der Waals surface area (Å²) < 4.78 is 0. The standard InChI is InChI=1S/C17H30O/c1-10-6-5-7-13(16(10)18)15-9-12-8-14(15)11(2)17(12,3)4/h10-16,18H,5-9H2,1-4H3/t10-,11+,12-,13+,14+,15+,16-/m1/s1. The van der Waals surface area contributed by atoms with E-state index in [2.05, 4.69) is 27.7 Å². The highest BCUT2D eigenvalue weighted by molar-refractivity contribution is 5.06. The second-order valence-electron chi connectivity index (χ2n) is 8.17. The van der Waals surface area contributed by atoms with Gasteiger partial charge in [0.05, 0.1) is 6.10 Å². The van der Waals surface area contributed by atoms with Gasteiger partial charge in [0.25, 0.3) is 0 Å². The molecule has 2 bridgehead atoms. The Bertz CT molecular complexity index is 318. The van der Waals surface area contributed by atoms with Crippen LogP contribution in [-0.2, 0) is 0 Å². The van der Waals surface area contributed by atoms with Crippen molar-refractivity contribution in [1.82, 2.24) is 0 Å². The smallest absolute Gasteiger partial charge is 0.0596 e. The molecular formula is C17H30O. The average Bonchev–Trinajstić information content (AvgIpc) is 2.83. The van der Waals surface area contributed by atoms with E-state index in [0.717, 1.165) is 23.7 Å². The molecule has 0 aromatic carbocycles. The van der Waals surface area contributed by atoms with E-state index >= 15 is 0 Å². The molecule has 3 aliphatic carbocycles. The molecule has 0 saturated heterocycles. The Morgan fingerprint density at radius 2 is 1.61 bits per heavy atom. The van der Waals surface area contributed by atoms with Gasteiger partial charge in [-0.15, -0.1) is 0 Å². The summed E-state index contributed by atoms with van der Waals surface area (Å²) in [5.74, 6) is 4.65. The van der Waals surface area contributed by atoms with Crippen LogP contribution in [0.15, 0.2) is 0 Å². The van der Waals surface area contributed by atoms with Gasteiger partial charge in [-0.05, 0) is 66.6 Å². The molecule has 0 aromatic heterocycles. The number of aliphatic hydroxyl groups excluding tert-OH is 1. The molecular weight excluding hydrogens is 220 g/mol. The van der Waals surface area contributed by atoms with E-state index in [1.807, 2.05) is 0 Å². The maximum absolute atomic E-state index is 10.5. The van der Waals surface area contributed by atoms with E-state index in [4.69, 9.17) is 0 Å². The molecule has 3 saturated carbocycles. The van der Waals surface area contributed by atoms with Crippen LogP contribution in [0.4, 0.5) is 0 Å². The topological polar surface area (TPSA) is 20.2 Å². The van der Waals surface area contributed by atoms with Gasteiger partial charge in [0.2, 0.25) is 0 Å². The molecule has 1 heteroatoms. The molecule has 0 aliphatic heterocycles. The van der Waals surface area contributed by atoms with Crippen molar-refractivity contribution in [3.8, 4) is 0 Å². The predicted molar refractivity (Wildman–Crippen MR) is 75.2 cm³/mol. The number of hydrogen-bond donors (Lipinski definition) is 1. The van der Waals surface area contributed by atoms with E-state index in [9.17, 15) is 5.11 Å². The zero-order chi connectivity index (χ0) is 13.1. The van der Waals surface area contributed by atoms with Gasteiger partial charge in [-0.1, -0.05) is 34.1 Å². The summed E-state index contributed by atoms with van der Waals surface area (Å²) in [5.41, 5.74) is 0.548. The van der Waals surface area contributed by atoms with Crippen LogP contribution >= 0.6 is 0 Å². The molecule has 0 heterocycles. The molecule has 1 N–H and O–H groups in total. The Hall–Kier alpha value is -0.0400. The lowest BCUT2D eigenvalue weighted by molar-refractivity contribution is -0.0365. The van der Waals surface area contributed by atoms with Crippen LogP contribution in [0.2, 0.25) is 0 Å². The summed E-state index contributed by atoms with van der Waals surface area (Å²) in [7, 11) is 0. The lowest BCUT2D eigenvalue weighted by Crippen LogP contribution is -2.42. The van der Waals surface area contributed by atoms with Crippen LogP contribution in [0, 0.1) is 40.9 Å². The third kappa shape index (κ3) is 1.69. The fraction of sp³-hybridized carbons (Fsp3) is 1.00. The Morgan fingerprint density at radius 1 is 0.944 bits per heavy atom. The van der Waals surface area contributed by atoms with Gasteiger partial charge in [-0.2, -0.15) is 0 Å². The van der Waals surface area contributed by atoms with Gasteiger partial charge >= 0.3 is 0 Å². The van der Waals surface area contributed by atoms with E-state index in [1.54, 1.807) is 0 Å². The second-order valence-corrected chi connectivity index (χ2v) is 8.17. The van der Waals surface area contributed by atoms with E-state index in [0.29, 0.717) is 17.3 Å². The average molecular weight is 250 g/mol. The van der Waals surface area contributed by atoms with E-state index in [1.165, 1.54) is 32.1 Å². The first-order valence-corrected chi connectivity index (χ1v) is 8.11. The molecule has 0 amide bonds.